The molecule has 1 aromatic rings. The van der Waals surface area contributed by atoms with Crippen LogP contribution in [0.15, 0.2) is 18.2 Å². The van der Waals surface area contributed by atoms with E-state index in [9.17, 15) is 0 Å². The highest BCUT2D eigenvalue weighted by molar-refractivity contribution is 6.31. The van der Waals surface area contributed by atoms with E-state index in [1.165, 1.54) is 19.3 Å². The Kier molecular flexibility index (Phi) is 3.41. The second-order valence-corrected chi connectivity index (χ2v) is 5.23. The van der Waals surface area contributed by atoms with Crippen LogP contribution in [0, 0.1) is 12.3 Å². The van der Waals surface area contributed by atoms with Gasteiger partial charge in [-0.25, -0.2) is 0 Å². The van der Waals surface area contributed by atoms with Gasteiger partial charge in [0.05, 0.1) is 0 Å². The number of anilines is 1. The molecule has 3 N–H and O–H groups in total. The van der Waals surface area contributed by atoms with Crippen molar-refractivity contribution in [3.05, 3.63) is 28.8 Å². The molecule has 0 atom stereocenters. The Morgan fingerprint density at radius 1 is 1.44 bits per heavy atom. The number of benzene rings is 1. The quantitative estimate of drug-likeness (QED) is 0.846. The molecule has 16 heavy (non-hydrogen) atoms. The summed E-state index contributed by atoms with van der Waals surface area (Å²) in [6.07, 6.45) is 3.81. The monoisotopic (exact) mass is 238 g/mol. The van der Waals surface area contributed by atoms with Crippen molar-refractivity contribution in [3.8, 4) is 0 Å². The first kappa shape index (κ1) is 11.7. The molecule has 1 aliphatic rings. The maximum atomic E-state index is 6.08. The highest BCUT2D eigenvalue weighted by atomic mass is 35.5. The van der Waals surface area contributed by atoms with Crippen LogP contribution in [-0.2, 0) is 0 Å². The summed E-state index contributed by atoms with van der Waals surface area (Å²) in [6, 6.07) is 5.97. The summed E-state index contributed by atoms with van der Waals surface area (Å²) in [6.45, 7) is 3.78. The van der Waals surface area contributed by atoms with Crippen LogP contribution in [0.5, 0.6) is 0 Å². The SMILES string of the molecule is Cc1c(Cl)cccc1NCC1(CN)CCC1. The minimum Gasteiger partial charge on any atom is -0.384 e. The van der Waals surface area contributed by atoms with Gasteiger partial charge in [-0.15, -0.1) is 0 Å². The van der Waals surface area contributed by atoms with Crippen molar-refractivity contribution in [2.24, 2.45) is 11.1 Å². The molecule has 1 saturated carbocycles. The van der Waals surface area contributed by atoms with Crippen LogP contribution in [0.2, 0.25) is 5.02 Å². The smallest absolute Gasteiger partial charge is 0.0455 e. The summed E-state index contributed by atoms with van der Waals surface area (Å²) in [7, 11) is 0. The lowest BCUT2D eigenvalue weighted by Gasteiger charge is -2.41. The number of halogens is 1. The van der Waals surface area contributed by atoms with Crippen molar-refractivity contribution in [2.45, 2.75) is 26.2 Å². The molecule has 0 saturated heterocycles. The Morgan fingerprint density at radius 3 is 2.75 bits per heavy atom. The zero-order valence-electron chi connectivity index (χ0n) is 9.72. The van der Waals surface area contributed by atoms with Crippen LogP contribution in [0.4, 0.5) is 5.69 Å². The number of nitrogens with two attached hydrogens (primary N) is 1. The molecule has 0 aromatic heterocycles. The average Bonchev–Trinajstić information content (AvgIpc) is 2.23. The lowest BCUT2D eigenvalue weighted by atomic mass is 9.69. The number of hydrogen-bond donors (Lipinski definition) is 2. The summed E-state index contributed by atoms with van der Waals surface area (Å²) in [5, 5.41) is 4.30. The Balaban J connectivity index is 2.02. The summed E-state index contributed by atoms with van der Waals surface area (Å²) < 4.78 is 0. The van der Waals surface area contributed by atoms with Crippen LogP contribution in [0.25, 0.3) is 0 Å². The predicted octanol–water partition coefficient (Wildman–Crippen LogP) is 3.19. The zero-order valence-corrected chi connectivity index (χ0v) is 10.5. The van der Waals surface area contributed by atoms with Gasteiger partial charge in [0, 0.05) is 17.3 Å². The largest absolute Gasteiger partial charge is 0.384 e. The molecule has 2 rings (SSSR count). The van der Waals surface area contributed by atoms with E-state index in [1.54, 1.807) is 0 Å². The van der Waals surface area contributed by atoms with Crippen LogP contribution in [-0.4, -0.2) is 13.1 Å². The van der Waals surface area contributed by atoms with E-state index < -0.39 is 0 Å². The van der Waals surface area contributed by atoms with Gasteiger partial charge in [-0.2, -0.15) is 0 Å². The standard InChI is InChI=1S/C13H19ClN2/c1-10-11(14)4-2-5-12(10)16-9-13(8-15)6-3-7-13/h2,4-5,16H,3,6-9,15H2,1H3. The van der Waals surface area contributed by atoms with E-state index in [0.29, 0.717) is 5.41 Å². The van der Waals surface area contributed by atoms with Gasteiger partial charge < -0.3 is 11.1 Å². The molecule has 0 aliphatic heterocycles. The first-order valence-corrected chi connectivity index (χ1v) is 6.24. The van der Waals surface area contributed by atoms with E-state index in [-0.39, 0.29) is 0 Å². The molecule has 2 nitrogen and oxygen atoms in total. The van der Waals surface area contributed by atoms with Gasteiger partial charge in [-0.3, -0.25) is 0 Å². The van der Waals surface area contributed by atoms with Crippen LogP contribution in [0.1, 0.15) is 24.8 Å². The topological polar surface area (TPSA) is 38.0 Å². The van der Waals surface area contributed by atoms with Crippen molar-refractivity contribution in [2.75, 3.05) is 18.4 Å². The molecule has 0 radical (unpaired) electrons. The molecule has 88 valence electrons. The fourth-order valence-electron chi connectivity index (χ4n) is 2.21. The second-order valence-electron chi connectivity index (χ2n) is 4.82. The van der Waals surface area contributed by atoms with E-state index in [1.807, 2.05) is 19.1 Å². The molecule has 0 unspecified atom stereocenters. The molecule has 0 heterocycles. The van der Waals surface area contributed by atoms with Gasteiger partial charge in [0.15, 0.2) is 0 Å². The van der Waals surface area contributed by atoms with Crippen LogP contribution >= 0.6 is 11.6 Å². The molecule has 1 fully saturated rings. The Morgan fingerprint density at radius 2 is 2.19 bits per heavy atom. The maximum absolute atomic E-state index is 6.08. The molecule has 1 aliphatic carbocycles. The fraction of sp³-hybridized carbons (Fsp3) is 0.538. The van der Waals surface area contributed by atoms with Crippen molar-refractivity contribution >= 4 is 17.3 Å². The number of nitrogens with one attached hydrogen (secondary N) is 1. The van der Waals surface area contributed by atoms with Gasteiger partial charge in [0.25, 0.3) is 0 Å². The molecular formula is C13H19ClN2. The van der Waals surface area contributed by atoms with Crippen LogP contribution < -0.4 is 11.1 Å². The highest BCUT2D eigenvalue weighted by Gasteiger charge is 2.35. The normalized spacial score (nSPS) is 17.9. The minimum atomic E-state index is 0.328. The third-order valence-corrected chi connectivity index (χ3v) is 4.18. The molecule has 3 heteroatoms. The van der Waals surface area contributed by atoms with E-state index >= 15 is 0 Å². The third kappa shape index (κ3) is 2.18. The lowest BCUT2D eigenvalue weighted by Crippen LogP contribution is -2.43. The first-order chi connectivity index (χ1) is 7.67. The maximum Gasteiger partial charge on any atom is 0.0455 e. The Labute approximate surface area is 102 Å². The molecular weight excluding hydrogens is 220 g/mol. The van der Waals surface area contributed by atoms with Gasteiger partial charge >= 0.3 is 0 Å². The van der Waals surface area contributed by atoms with Gasteiger partial charge in [0.2, 0.25) is 0 Å². The second kappa shape index (κ2) is 4.64. The van der Waals surface area contributed by atoms with Gasteiger partial charge in [0.1, 0.15) is 0 Å². The van der Waals surface area contributed by atoms with E-state index in [2.05, 4.69) is 11.4 Å². The van der Waals surface area contributed by atoms with Gasteiger partial charge in [-0.1, -0.05) is 24.1 Å². The summed E-state index contributed by atoms with van der Waals surface area (Å²) in [5.41, 5.74) is 8.42. The summed E-state index contributed by atoms with van der Waals surface area (Å²) in [4.78, 5) is 0. The highest BCUT2D eigenvalue weighted by Crippen LogP contribution is 2.40. The van der Waals surface area contributed by atoms with Crippen molar-refractivity contribution in [3.63, 3.8) is 0 Å². The predicted molar refractivity (Wildman–Crippen MR) is 70.0 cm³/mol. The number of rotatable bonds is 4. The molecule has 0 bridgehead atoms. The fourth-order valence-corrected chi connectivity index (χ4v) is 2.39. The number of hydrogen-bond acceptors (Lipinski definition) is 2. The summed E-state index contributed by atoms with van der Waals surface area (Å²) >= 11 is 6.08. The summed E-state index contributed by atoms with van der Waals surface area (Å²) in [5.74, 6) is 0. The van der Waals surface area contributed by atoms with E-state index in [0.717, 1.165) is 29.4 Å². The zero-order chi connectivity index (χ0) is 11.6. The first-order valence-electron chi connectivity index (χ1n) is 5.86. The lowest BCUT2D eigenvalue weighted by molar-refractivity contribution is 0.163. The molecule has 1 aromatic carbocycles. The minimum absolute atomic E-state index is 0.328. The van der Waals surface area contributed by atoms with Gasteiger partial charge in [-0.05, 0) is 49.4 Å². The Hall–Kier alpha value is -0.730. The molecule has 0 amide bonds. The molecule has 0 spiro atoms. The van der Waals surface area contributed by atoms with E-state index in [4.69, 9.17) is 17.3 Å². The Bertz CT molecular complexity index is 367. The average molecular weight is 239 g/mol. The third-order valence-electron chi connectivity index (χ3n) is 3.77. The van der Waals surface area contributed by atoms with Crippen LogP contribution in [0.3, 0.4) is 0 Å². The van der Waals surface area contributed by atoms with Crippen molar-refractivity contribution < 1.29 is 0 Å². The van der Waals surface area contributed by atoms with Crippen molar-refractivity contribution in [1.29, 1.82) is 0 Å². The van der Waals surface area contributed by atoms with Crippen molar-refractivity contribution in [1.82, 2.24) is 0 Å².